The van der Waals surface area contributed by atoms with Crippen LogP contribution in [0.1, 0.15) is 47.5 Å². The molecule has 3 nitrogen and oxygen atoms in total. The van der Waals surface area contributed by atoms with Crippen molar-refractivity contribution in [1.29, 1.82) is 0 Å². The molecular formula is C12H27NO2S. The molecule has 0 aliphatic rings. The van der Waals surface area contributed by atoms with E-state index in [9.17, 15) is 8.42 Å². The molecule has 0 fully saturated rings. The molecule has 1 N–H and O–H groups in total. The Balaban J connectivity index is 4.76. The van der Waals surface area contributed by atoms with Crippen LogP contribution in [0.5, 0.6) is 0 Å². The normalized spacial score (nSPS) is 16.2. The van der Waals surface area contributed by atoms with Crippen LogP contribution in [-0.4, -0.2) is 32.5 Å². The molecule has 0 radical (unpaired) electrons. The summed E-state index contributed by atoms with van der Waals surface area (Å²) in [5.74, 6) is 0. The van der Waals surface area contributed by atoms with Crippen molar-refractivity contribution in [3.05, 3.63) is 0 Å². The maximum Gasteiger partial charge on any atom is 0.154 e. The van der Waals surface area contributed by atoms with Gasteiger partial charge in [0.05, 0.1) is 4.75 Å². The van der Waals surface area contributed by atoms with E-state index in [2.05, 4.69) is 26.1 Å². The molecule has 0 aromatic heterocycles. The van der Waals surface area contributed by atoms with Crippen LogP contribution < -0.4 is 5.32 Å². The fourth-order valence-electron chi connectivity index (χ4n) is 1.68. The molecule has 0 heterocycles. The molecule has 1 atom stereocenters. The topological polar surface area (TPSA) is 46.2 Å². The first-order valence-corrected chi connectivity index (χ1v) is 7.68. The van der Waals surface area contributed by atoms with E-state index in [-0.39, 0.29) is 11.5 Å². The number of hydrogen-bond donors (Lipinski definition) is 1. The summed E-state index contributed by atoms with van der Waals surface area (Å²) in [5.41, 5.74) is 0.239. The number of nitrogens with one attached hydrogen (secondary N) is 1. The van der Waals surface area contributed by atoms with Crippen LogP contribution in [0.4, 0.5) is 0 Å². The molecule has 0 aromatic rings. The van der Waals surface area contributed by atoms with E-state index in [0.29, 0.717) is 0 Å². The summed E-state index contributed by atoms with van der Waals surface area (Å²) < 4.78 is 22.8. The van der Waals surface area contributed by atoms with Gasteiger partial charge in [-0.2, -0.15) is 0 Å². The minimum Gasteiger partial charge on any atom is -0.315 e. The van der Waals surface area contributed by atoms with Gasteiger partial charge in [-0.3, -0.25) is 0 Å². The average Bonchev–Trinajstić information content (AvgIpc) is 2.00. The van der Waals surface area contributed by atoms with E-state index >= 15 is 0 Å². The lowest BCUT2D eigenvalue weighted by Gasteiger charge is -2.34. The summed E-state index contributed by atoms with van der Waals surface area (Å²) >= 11 is 0. The van der Waals surface area contributed by atoms with Crippen molar-refractivity contribution in [3.8, 4) is 0 Å². The summed E-state index contributed by atoms with van der Waals surface area (Å²) in [7, 11) is -1.21. The zero-order chi connectivity index (χ0) is 13.2. The van der Waals surface area contributed by atoms with E-state index in [1.165, 1.54) is 6.26 Å². The van der Waals surface area contributed by atoms with Crippen molar-refractivity contribution < 1.29 is 8.42 Å². The first kappa shape index (κ1) is 15.9. The van der Waals surface area contributed by atoms with Crippen molar-refractivity contribution in [2.24, 2.45) is 5.41 Å². The molecule has 0 saturated carbocycles. The van der Waals surface area contributed by atoms with E-state index in [1.807, 2.05) is 7.05 Å². The van der Waals surface area contributed by atoms with Crippen LogP contribution in [0.25, 0.3) is 0 Å². The minimum atomic E-state index is -3.04. The van der Waals surface area contributed by atoms with Crippen LogP contribution in [0.2, 0.25) is 0 Å². The first-order valence-electron chi connectivity index (χ1n) is 5.78. The Labute approximate surface area is 101 Å². The van der Waals surface area contributed by atoms with Gasteiger partial charge in [0.25, 0.3) is 0 Å². The number of sulfone groups is 1. The Morgan fingerprint density at radius 2 is 1.56 bits per heavy atom. The third-order valence-electron chi connectivity index (χ3n) is 3.33. The highest BCUT2D eigenvalue weighted by Gasteiger charge is 2.38. The van der Waals surface area contributed by atoms with Gasteiger partial charge in [-0.25, -0.2) is 8.42 Å². The standard InChI is InChI=1S/C12H27NO2S/c1-11(2,3)9-8-10(13-6)12(4,5)16(7,14)15/h10,13H,8-9H2,1-7H3. The molecule has 0 aliphatic heterocycles. The second-order valence-corrected chi connectivity index (χ2v) is 8.91. The van der Waals surface area contributed by atoms with E-state index in [1.54, 1.807) is 13.8 Å². The molecule has 0 bridgehead atoms. The van der Waals surface area contributed by atoms with Gasteiger partial charge in [0, 0.05) is 12.3 Å². The van der Waals surface area contributed by atoms with E-state index in [4.69, 9.17) is 0 Å². The maximum absolute atomic E-state index is 11.7. The molecule has 0 amide bonds. The van der Waals surface area contributed by atoms with Crippen LogP contribution in [-0.2, 0) is 9.84 Å². The van der Waals surface area contributed by atoms with Crippen molar-refractivity contribution >= 4 is 9.84 Å². The maximum atomic E-state index is 11.7. The molecule has 16 heavy (non-hydrogen) atoms. The summed E-state index contributed by atoms with van der Waals surface area (Å²) in [6.07, 6.45) is 3.20. The Hall–Kier alpha value is -0.0900. The Bertz CT molecular complexity index is 312. The van der Waals surface area contributed by atoms with Crippen LogP contribution in [0.15, 0.2) is 0 Å². The molecule has 98 valence electrons. The van der Waals surface area contributed by atoms with Crippen LogP contribution in [0.3, 0.4) is 0 Å². The molecule has 0 rings (SSSR count). The van der Waals surface area contributed by atoms with Gasteiger partial charge in [-0.15, -0.1) is 0 Å². The molecule has 4 heteroatoms. The second kappa shape index (κ2) is 5.05. The number of hydrogen-bond acceptors (Lipinski definition) is 3. The van der Waals surface area contributed by atoms with Gasteiger partial charge in [-0.1, -0.05) is 20.8 Å². The summed E-state index contributed by atoms with van der Waals surface area (Å²) in [5, 5.41) is 3.14. The first-order chi connectivity index (χ1) is 6.92. The molecule has 0 spiro atoms. The van der Waals surface area contributed by atoms with Gasteiger partial charge < -0.3 is 5.32 Å². The van der Waals surface area contributed by atoms with E-state index < -0.39 is 14.6 Å². The van der Waals surface area contributed by atoms with Gasteiger partial charge in [0.1, 0.15) is 0 Å². The van der Waals surface area contributed by atoms with Crippen LogP contribution >= 0.6 is 0 Å². The van der Waals surface area contributed by atoms with E-state index in [0.717, 1.165) is 12.8 Å². The zero-order valence-corrected chi connectivity index (χ0v) is 12.5. The zero-order valence-electron chi connectivity index (χ0n) is 11.7. The lowest BCUT2D eigenvalue weighted by atomic mass is 9.86. The van der Waals surface area contributed by atoms with Gasteiger partial charge >= 0.3 is 0 Å². The van der Waals surface area contributed by atoms with Crippen molar-refractivity contribution in [3.63, 3.8) is 0 Å². The quantitative estimate of drug-likeness (QED) is 0.812. The lowest BCUT2D eigenvalue weighted by Crippen LogP contribution is -2.50. The Kier molecular flexibility index (Phi) is 5.02. The van der Waals surface area contributed by atoms with Gasteiger partial charge in [0.2, 0.25) is 0 Å². The third-order valence-corrected chi connectivity index (χ3v) is 5.52. The molecule has 0 aliphatic carbocycles. The molecular weight excluding hydrogens is 222 g/mol. The SMILES string of the molecule is CNC(CCC(C)(C)C)C(C)(C)S(C)(=O)=O. The highest BCUT2D eigenvalue weighted by molar-refractivity contribution is 7.92. The van der Waals surface area contributed by atoms with Crippen molar-refractivity contribution in [2.75, 3.05) is 13.3 Å². The highest BCUT2D eigenvalue weighted by atomic mass is 32.2. The van der Waals surface area contributed by atoms with Crippen molar-refractivity contribution in [2.45, 2.75) is 58.2 Å². The summed E-state index contributed by atoms with van der Waals surface area (Å²) in [6, 6.07) is 0.00160. The summed E-state index contributed by atoms with van der Waals surface area (Å²) in [6.45, 7) is 10.1. The predicted molar refractivity (Wildman–Crippen MR) is 70.5 cm³/mol. The molecule has 1 unspecified atom stereocenters. The largest absolute Gasteiger partial charge is 0.315 e. The lowest BCUT2D eigenvalue weighted by molar-refractivity contribution is 0.311. The molecule has 0 saturated heterocycles. The Morgan fingerprint density at radius 1 is 1.12 bits per heavy atom. The molecule has 0 aromatic carbocycles. The fourth-order valence-corrected chi connectivity index (χ4v) is 2.43. The van der Waals surface area contributed by atoms with Crippen molar-refractivity contribution in [1.82, 2.24) is 5.32 Å². The highest BCUT2D eigenvalue weighted by Crippen LogP contribution is 2.28. The van der Waals surface area contributed by atoms with Crippen LogP contribution in [0, 0.1) is 5.41 Å². The monoisotopic (exact) mass is 249 g/mol. The van der Waals surface area contributed by atoms with Gasteiger partial charge in [0.15, 0.2) is 9.84 Å². The predicted octanol–water partition coefficient (Wildman–Crippen LogP) is 2.22. The fraction of sp³-hybridized carbons (Fsp3) is 1.00. The third kappa shape index (κ3) is 4.42. The Morgan fingerprint density at radius 3 is 1.81 bits per heavy atom. The summed E-state index contributed by atoms with van der Waals surface area (Å²) in [4.78, 5) is 0. The smallest absolute Gasteiger partial charge is 0.154 e. The second-order valence-electron chi connectivity index (χ2n) is 6.32. The minimum absolute atomic E-state index is 0.00160. The van der Waals surface area contributed by atoms with Gasteiger partial charge in [-0.05, 0) is 39.2 Å². The number of rotatable bonds is 5. The average molecular weight is 249 g/mol.